The van der Waals surface area contributed by atoms with E-state index in [9.17, 15) is 9.59 Å². The van der Waals surface area contributed by atoms with Gasteiger partial charge in [-0.05, 0) is 19.8 Å². The van der Waals surface area contributed by atoms with Gasteiger partial charge in [-0.15, -0.1) is 0 Å². The summed E-state index contributed by atoms with van der Waals surface area (Å²) in [4.78, 5) is 28.3. The molecule has 2 rings (SSSR count). The molecule has 1 fully saturated rings. The van der Waals surface area contributed by atoms with Crippen LogP contribution in [-0.2, 0) is 4.79 Å². The number of rotatable bonds is 2. The highest BCUT2D eigenvalue weighted by Gasteiger charge is 2.30. The van der Waals surface area contributed by atoms with Crippen LogP contribution in [0.3, 0.4) is 0 Å². The molecule has 0 bridgehead atoms. The van der Waals surface area contributed by atoms with E-state index in [4.69, 9.17) is 9.52 Å². The Hall–Kier alpha value is -1.85. The first-order valence-electron chi connectivity index (χ1n) is 5.51. The van der Waals surface area contributed by atoms with E-state index in [0.717, 1.165) is 0 Å². The van der Waals surface area contributed by atoms with Crippen LogP contribution in [0.2, 0.25) is 0 Å². The van der Waals surface area contributed by atoms with Crippen LogP contribution in [0, 0.1) is 12.8 Å². The molecule has 92 valence electrons. The molecule has 6 nitrogen and oxygen atoms in total. The normalized spacial score (nSPS) is 20.3. The molecule has 1 N–H and O–H groups in total. The van der Waals surface area contributed by atoms with Gasteiger partial charge in [0.1, 0.15) is 0 Å². The van der Waals surface area contributed by atoms with Crippen molar-refractivity contribution in [3.8, 4) is 0 Å². The van der Waals surface area contributed by atoms with Gasteiger partial charge in [0, 0.05) is 13.1 Å². The summed E-state index contributed by atoms with van der Waals surface area (Å²) in [5, 5.41) is 8.95. The highest BCUT2D eigenvalue weighted by atomic mass is 16.4. The topological polar surface area (TPSA) is 83.6 Å². The molecule has 0 saturated carbocycles. The van der Waals surface area contributed by atoms with Crippen molar-refractivity contribution in [2.24, 2.45) is 5.92 Å². The third kappa shape index (κ3) is 2.30. The van der Waals surface area contributed by atoms with Gasteiger partial charge in [-0.25, -0.2) is 4.98 Å². The summed E-state index contributed by atoms with van der Waals surface area (Å²) < 4.78 is 5.03. The van der Waals surface area contributed by atoms with Gasteiger partial charge in [0.05, 0.1) is 11.6 Å². The second-order valence-corrected chi connectivity index (χ2v) is 4.20. The molecule has 1 saturated heterocycles. The standard InChI is InChI=1S/C11H14N2O4/c1-7-9(17-6-12-7)10(14)13-4-2-3-8(5-13)11(15)16/h6,8H,2-5H2,1H3,(H,15,16)/t8-/m1/s1. The van der Waals surface area contributed by atoms with Gasteiger partial charge in [-0.3, -0.25) is 9.59 Å². The lowest BCUT2D eigenvalue weighted by Crippen LogP contribution is -2.42. The van der Waals surface area contributed by atoms with Crippen LogP contribution in [0.15, 0.2) is 10.8 Å². The minimum atomic E-state index is -0.850. The van der Waals surface area contributed by atoms with Crippen LogP contribution in [0.25, 0.3) is 0 Å². The zero-order valence-electron chi connectivity index (χ0n) is 9.55. The first-order chi connectivity index (χ1) is 8.09. The smallest absolute Gasteiger partial charge is 0.308 e. The molecule has 0 unspecified atom stereocenters. The number of hydrogen-bond donors (Lipinski definition) is 1. The van der Waals surface area contributed by atoms with Crippen LogP contribution in [-0.4, -0.2) is 40.0 Å². The second-order valence-electron chi connectivity index (χ2n) is 4.20. The number of oxazole rings is 1. The maximum atomic E-state index is 12.0. The average molecular weight is 238 g/mol. The van der Waals surface area contributed by atoms with Crippen molar-refractivity contribution in [3.05, 3.63) is 17.8 Å². The van der Waals surface area contributed by atoms with Gasteiger partial charge in [0.15, 0.2) is 6.39 Å². The Bertz CT molecular complexity index is 440. The van der Waals surface area contributed by atoms with E-state index in [1.165, 1.54) is 11.3 Å². The number of carboxylic acid groups (broad SMARTS) is 1. The van der Waals surface area contributed by atoms with E-state index in [1.54, 1.807) is 6.92 Å². The highest BCUT2D eigenvalue weighted by Crippen LogP contribution is 2.19. The van der Waals surface area contributed by atoms with Gasteiger partial charge in [-0.1, -0.05) is 0 Å². The van der Waals surface area contributed by atoms with Crippen LogP contribution in [0.1, 0.15) is 29.1 Å². The third-order valence-corrected chi connectivity index (χ3v) is 3.00. The molecule has 1 atom stereocenters. The number of piperidine rings is 1. The second kappa shape index (κ2) is 4.57. The Kier molecular flexibility index (Phi) is 3.12. The molecule has 1 amide bonds. The molecule has 0 aromatic carbocycles. The number of carbonyl (C=O) groups excluding carboxylic acids is 1. The first-order valence-corrected chi connectivity index (χ1v) is 5.51. The summed E-state index contributed by atoms with van der Waals surface area (Å²) in [5.41, 5.74) is 0.535. The molecule has 2 heterocycles. The lowest BCUT2D eigenvalue weighted by Gasteiger charge is -2.30. The SMILES string of the molecule is Cc1ncoc1C(=O)N1CCC[C@@H](C(=O)O)C1. The zero-order chi connectivity index (χ0) is 12.4. The molecular formula is C11H14N2O4. The Labute approximate surface area is 98.2 Å². The maximum Gasteiger partial charge on any atom is 0.308 e. The van der Waals surface area contributed by atoms with E-state index in [-0.39, 0.29) is 18.2 Å². The summed E-state index contributed by atoms with van der Waals surface area (Å²) in [6.07, 6.45) is 2.55. The summed E-state index contributed by atoms with van der Waals surface area (Å²) in [7, 11) is 0. The number of aryl methyl sites for hydroxylation is 1. The predicted octanol–water partition coefficient (Wildman–Crippen LogP) is 0.920. The summed E-state index contributed by atoms with van der Waals surface area (Å²) >= 11 is 0. The van der Waals surface area contributed by atoms with Crippen LogP contribution in [0.4, 0.5) is 0 Å². The minimum absolute atomic E-state index is 0.205. The summed E-state index contributed by atoms with van der Waals surface area (Å²) in [6, 6.07) is 0. The monoisotopic (exact) mass is 238 g/mol. The maximum absolute atomic E-state index is 12.0. The molecule has 0 aliphatic carbocycles. The fourth-order valence-electron chi connectivity index (χ4n) is 2.01. The lowest BCUT2D eigenvalue weighted by atomic mass is 9.98. The number of hydrogen-bond acceptors (Lipinski definition) is 4. The van der Waals surface area contributed by atoms with Gasteiger partial charge in [0.2, 0.25) is 5.76 Å². The van der Waals surface area contributed by atoms with Gasteiger partial charge < -0.3 is 14.4 Å². The quantitative estimate of drug-likeness (QED) is 0.828. The Morgan fingerprint density at radius 3 is 2.94 bits per heavy atom. The number of aromatic nitrogens is 1. The Morgan fingerprint density at radius 1 is 1.59 bits per heavy atom. The largest absolute Gasteiger partial charge is 0.481 e. The molecule has 1 aromatic rings. The number of carboxylic acids is 1. The number of nitrogens with zero attached hydrogens (tertiary/aromatic N) is 2. The molecule has 17 heavy (non-hydrogen) atoms. The fourth-order valence-corrected chi connectivity index (χ4v) is 2.01. The zero-order valence-corrected chi connectivity index (χ0v) is 9.55. The predicted molar refractivity (Wildman–Crippen MR) is 57.5 cm³/mol. The fraction of sp³-hybridized carbons (Fsp3) is 0.545. The minimum Gasteiger partial charge on any atom is -0.481 e. The van der Waals surface area contributed by atoms with Crippen molar-refractivity contribution in [1.29, 1.82) is 0 Å². The van der Waals surface area contributed by atoms with E-state index in [0.29, 0.717) is 25.1 Å². The van der Waals surface area contributed by atoms with Crippen LogP contribution >= 0.6 is 0 Å². The van der Waals surface area contributed by atoms with E-state index >= 15 is 0 Å². The van der Waals surface area contributed by atoms with E-state index < -0.39 is 11.9 Å². The number of aliphatic carboxylic acids is 1. The van der Waals surface area contributed by atoms with Gasteiger partial charge in [-0.2, -0.15) is 0 Å². The first kappa shape index (κ1) is 11.6. The van der Waals surface area contributed by atoms with Crippen molar-refractivity contribution in [2.75, 3.05) is 13.1 Å². The van der Waals surface area contributed by atoms with Crippen LogP contribution < -0.4 is 0 Å². The van der Waals surface area contributed by atoms with Crippen molar-refractivity contribution in [3.63, 3.8) is 0 Å². The Morgan fingerprint density at radius 2 is 2.35 bits per heavy atom. The van der Waals surface area contributed by atoms with E-state index in [1.807, 2.05) is 0 Å². The Balaban J connectivity index is 2.10. The summed E-state index contributed by atoms with van der Waals surface area (Å²) in [5.74, 6) is -1.39. The van der Waals surface area contributed by atoms with Crippen molar-refractivity contribution in [2.45, 2.75) is 19.8 Å². The molecule has 0 radical (unpaired) electrons. The molecule has 1 aliphatic heterocycles. The third-order valence-electron chi connectivity index (χ3n) is 3.00. The molecular weight excluding hydrogens is 224 g/mol. The van der Waals surface area contributed by atoms with Crippen molar-refractivity contribution in [1.82, 2.24) is 9.88 Å². The van der Waals surface area contributed by atoms with Gasteiger partial charge in [0.25, 0.3) is 5.91 Å². The summed E-state index contributed by atoms with van der Waals surface area (Å²) in [6.45, 7) is 2.51. The lowest BCUT2D eigenvalue weighted by molar-refractivity contribution is -0.143. The molecule has 0 spiro atoms. The van der Waals surface area contributed by atoms with Crippen LogP contribution in [0.5, 0.6) is 0 Å². The van der Waals surface area contributed by atoms with Crippen molar-refractivity contribution >= 4 is 11.9 Å². The number of amides is 1. The molecule has 1 aromatic heterocycles. The molecule has 6 heteroatoms. The van der Waals surface area contributed by atoms with Crippen molar-refractivity contribution < 1.29 is 19.1 Å². The molecule has 1 aliphatic rings. The average Bonchev–Trinajstić information content (AvgIpc) is 2.74. The van der Waals surface area contributed by atoms with E-state index in [2.05, 4.69) is 4.98 Å². The highest BCUT2D eigenvalue weighted by molar-refractivity contribution is 5.92. The van der Waals surface area contributed by atoms with Gasteiger partial charge >= 0.3 is 5.97 Å². The number of carbonyl (C=O) groups is 2. The number of likely N-dealkylation sites (tertiary alicyclic amines) is 1.